The predicted molar refractivity (Wildman–Crippen MR) is 70.8 cm³/mol. The molecule has 0 radical (unpaired) electrons. The van der Waals surface area contributed by atoms with Gasteiger partial charge in [0.05, 0.1) is 5.56 Å². The first-order valence-corrected chi connectivity index (χ1v) is 6.63. The lowest BCUT2D eigenvalue weighted by Crippen LogP contribution is -2.25. The van der Waals surface area contributed by atoms with E-state index in [1.165, 1.54) is 44.2 Å². The van der Waals surface area contributed by atoms with Crippen LogP contribution in [0.5, 0.6) is 0 Å². The molecule has 0 aliphatic heterocycles. The van der Waals surface area contributed by atoms with Crippen molar-refractivity contribution in [2.75, 3.05) is 11.9 Å². The minimum Gasteiger partial charge on any atom is -0.384 e. The number of rotatable bonds is 4. The molecule has 1 aromatic carbocycles. The highest BCUT2D eigenvalue weighted by Crippen LogP contribution is 2.40. The molecule has 0 bridgehead atoms. The van der Waals surface area contributed by atoms with Crippen molar-refractivity contribution in [1.82, 2.24) is 0 Å². The van der Waals surface area contributed by atoms with E-state index in [1.54, 1.807) is 6.07 Å². The van der Waals surface area contributed by atoms with Gasteiger partial charge >= 0.3 is 0 Å². The number of benzene rings is 1. The van der Waals surface area contributed by atoms with E-state index in [9.17, 15) is 4.39 Å². The molecule has 1 N–H and O–H groups in total. The number of anilines is 1. The van der Waals surface area contributed by atoms with E-state index in [-0.39, 0.29) is 5.56 Å². The monoisotopic (exact) mass is 246 g/mol. The van der Waals surface area contributed by atoms with Crippen LogP contribution in [0.2, 0.25) is 0 Å². The Kier molecular flexibility index (Phi) is 3.86. The Balaban J connectivity index is 2.02. The summed E-state index contributed by atoms with van der Waals surface area (Å²) in [7, 11) is 0. The Morgan fingerprint density at radius 2 is 2.11 bits per heavy atom. The second-order valence-electron chi connectivity index (χ2n) is 5.22. The predicted octanol–water partition coefficient (Wildman–Crippen LogP) is 4.08. The Morgan fingerprint density at radius 1 is 1.39 bits per heavy atom. The van der Waals surface area contributed by atoms with Crippen LogP contribution in [0, 0.1) is 22.6 Å². The average molecular weight is 246 g/mol. The summed E-state index contributed by atoms with van der Waals surface area (Å²) in [5.74, 6) is -0.445. The molecule has 3 heteroatoms. The van der Waals surface area contributed by atoms with Gasteiger partial charge in [0.25, 0.3) is 0 Å². The number of nitrogens with one attached hydrogen (secondary N) is 1. The van der Waals surface area contributed by atoms with Crippen molar-refractivity contribution in [3.05, 3.63) is 29.6 Å². The van der Waals surface area contributed by atoms with E-state index in [2.05, 4.69) is 12.2 Å². The number of nitrogens with zero attached hydrogens (tertiary/aromatic N) is 1. The van der Waals surface area contributed by atoms with Gasteiger partial charge in [0.15, 0.2) is 0 Å². The highest BCUT2D eigenvalue weighted by atomic mass is 19.1. The normalized spacial score (nSPS) is 17.4. The molecule has 0 amide bonds. The quantitative estimate of drug-likeness (QED) is 0.868. The SMILES string of the molecule is CCC1(CNc2ccc(C#N)c(F)c2)CCCC1. The first-order valence-electron chi connectivity index (χ1n) is 6.63. The van der Waals surface area contributed by atoms with Gasteiger partial charge in [0.2, 0.25) is 0 Å². The Bertz CT molecular complexity index is 456. The fraction of sp³-hybridized carbons (Fsp3) is 0.533. The third-order valence-electron chi connectivity index (χ3n) is 4.17. The van der Waals surface area contributed by atoms with Crippen LogP contribution in [0.3, 0.4) is 0 Å². The lowest BCUT2D eigenvalue weighted by molar-refractivity contribution is 0.307. The van der Waals surface area contributed by atoms with E-state index < -0.39 is 5.82 Å². The van der Waals surface area contributed by atoms with Crippen molar-refractivity contribution in [1.29, 1.82) is 5.26 Å². The Labute approximate surface area is 108 Å². The number of halogens is 1. The van der Waals surface area contributed by atoms with Gasteiger partial charge in [0.1, 0.15) is 11.9 Å². The lowest BCUT2D eigenvalue weighted by atomic mass is 9.83. The zero-order valence-electron chi connectivity index (χ0n) is 10.8. The van der Waals surface area contributed by atoms with E-state index >= 15 is 0 Å². The summed E-state index contributed by atoms with van der Waals surface area (Å²) in [5, 5.41) is 12.0. The van der Waals surface area contributed by atoms with Gasteiger partial charge in [0, 0.05) is 12.2 Å². The Morgan fingerprint density at radius 3 is 2.67 bits per heavy atom. The highest BCUT2D eigenvalue weighted by molar-refractivity contribution is 5.48. The highest BCUT2D eigenvalue weighted by Gasteiger charge is 2.31. The molecule has 2 rings (SSSR count). The summed E-state index contributed by atoms with van der Waals surface area (Å²) < 4.78 is 13.5. The average Bonchev–Trinajstić information content (AvgIpc) is 2.86. The number of hydrogen-bond donors (Lipinski definition) is 1. The molecule has 0 spiro atoms. The van der Waals surface area contributed by atoms with Crippen LogP contribution in [-0.2, 0) is 0 Å². The van der Waals surface area contributed by atoms with E-state index in [4.69, 9.17) is 5.26 Å². The van der Waals surface area contributed by atoms with Crippen LogP contribution in [0.4, 0.5) is 10.1 Å². The van der Waals surface area contributed by atoms with E-state index in [1.807, 2.05) is 6.07 Å². The third-order valence-corrected chi connectivity index (χ3v) is 4.17. The van der Waals surface area contributed by atoms with Crippen LogP contribution in [0.15, 0.2) is 18.2 Å². The molecular weight excluding hydrogens is 227 g/mol. The molecule has 1 aliphatic carbocycles. The Hall–Kier alpha value is -1.56. The van der Waals surface area contributed by atoms with Gasteiger partial charge in [-0.05, 0) is 42.9 Å². The largest absolute Gasteiger partial charge is 0.384 e. The number of hydrogen-bond acceptors (Lipinski definition) is 2. The van der Waals surface area contributed by atoms with E-state index in [0.717, 1.165) is 12.2 Å². The summed E-state index contributed by atoms with van der Waals surface area (Å²) in [5.41, 5.74) is 1.25. The van der Waals surface area contributed by atoms with Gasteiger partial charge in [-0.15, -0.1) is 0 Å². The molecule has 0 heterocycles. The first-order chi connectivity index (χ1) is 8.69. The van der Waals surface area contributed by atoms with Crippen LogP contribution in [0.1, 0.15) is 44.6 Å². The van der Waals surface area contributed by atoms with Crippen molar-refractivity contribution in [2.24, 2.45) is 5.41 Å². The number of nitriles is 1. The maximum Gasteiger partial charge on any atom is 0.143 e. The van der Waals surface area contributed by atoms with Crippen LogP contribution < -0.4 is 5.32 Å². The van der Waals surface area contributed by atoms with Gasteiger partial charge in [-0.1, -0.05) is 19.8 Å². The molecule has 96 valence electrons. The fourth-order valence-electron chi connectivity index (χ4n) is 2.79. The molecule has 1 fully saturated rings. The minimum absolute atomic E-state index is 0.103. The lowest BCUT2D eigenvalue weighted by Gasteiger charge is -2.28. The van der Waals surface area contributed by atoms with Crippen molar-refractivity contribution in [3.63, 3.8) is 0 Å². The topological polar surface area (TPSA) is 35.8 Å². The second-order valence-corrected chi connectivity index (χ2v) is 5.22. The van der Waals surface area contributed by atoms with E-state index in [0.29, 0.717) is 5.41 Å². The van der Waals surface area contributed by atoms with Gasteiger partial charge in [-0.3, -0.25) is 0 Å². The summed E-state index contributed by atoms with van der Waals surface area (Å²) in [4.78, 5) is 0. The van der Waals surface area contributed by atoms with Gasteiger partial charge in [-0.2, -0.15) is 5.26 Å². The fourth-order valence-corrected chi connectivity index (χ4v) is 2.79. The maximum absolute atomic E-state index is 13.5. The molecule has 2 nitrogen and oxygen atoms in total. The molecule has 1 aromatic rings. The third kappa shape index (κ3) is 2.64. The summed E-state index contributed by atoms with van der Waals surface area (Å²) in [6, 6.07) is 6.56. The second kappa shape index (κ2) is 5.39. The van der Waals surface area contributed by atoms with Crippen molar-refractivity contribution in [2.45, 2.75) is 39.0 Å². The standard InChI is InChI=1S/C15H19FN2/c1-2-15(7-3-4-8-15)11-18-13-6-5-12(10-17)14(16)9-13/h5-6,9,18H,2-4,7-8,11H2,1H3. The molecule has 0 unspecified atom stereocenters. The zero-order valence-corrected chi connectivity index (χ0v) is 10.8. The van der Waals surface area contributed by atoms with Gasteiger partial charge in [-0.25, -0.2) is 4.39 Å². The molecule has 1 saturated carbocycles. The summed E-state index contributed by atoms with van der Waals surface area (Å²) in [6.07, 6.45) is 6.29. The summed E-state index contributed by atoms with van der Waals surface area (Å²) in [6.45, 7) is 3.13. The maximum atomic E-state index is 13.5. The molecular formula is C15H19FN2. The van der Waals surface area contributed by atoms with Crippen molar-refractivity contribution in [3.8, 4) is 6.07 Å². The molecule has 18 heavy (non-hydrogen) atoms. The zero-order chi connectivity index (χ0) is 13.0. The van der Waals surface area contributed by atoms with Crippen LogP contribution in [-0.4, -0.2) is 6.54 Å². The summed E-state index contributed by atoms with van der Waals surface area (Å²) >= 11 is 0. The van der Waals surface area contributed by atoms with Gasteiger partial charge < -0.3 is 5.32 Å². The molecule has 0 atom stereocenters. The molecule has 0 aromatic heterocycles. The molecule has 1 aliphatic rings. The molecule has 0 saturated heterocycles. The minimum atomic E-state index is -0.445. The van der Waals surface area contributed by atoms with Crippen molar-refractivity contribution < 1.29 is 4.39 Å². The smallest absolute Gasteiger partial charge is 0.143 e. The van der Waals surface area contributed by atoms with Crippen LogP contribution in [0.25, 0.3) is 0 Å². The van der Waals surface area contributed by atoms with Crippen LogP contribution >= 0.6 is 0 Å². The first kappa shape index (κ1) is 12.9. The van der Waals surface area contributed by atoms with Crippen molar-refractivity contribution >= 4 is 5.69 Å².